The zero-order valence-electron chi connectivity index (χ0n) is 13.5. The average Bonchev–Trinajstić information content (AvgIpc) is 3.12. The first-order valence-electron chi connectivity index (χ1n) is 8.18. The van der Waals surface area contributed by atoms with E-state index < -0.39 is 0 Å². The monoisotopic (exact) mass is 338 g/mol. The molecule has 1 aliphatic heterocycles. The van der Waals surface area contributed by atoms with Crippen molar-refractivity contribution < 1.29 is 14.3 Å². The van der Waals surface area contributed by atoms with Crippen molar-refractivity contribution >= 4 is 11.6 Å². The molecule has 0 aliphatic carbocycles. The van der Waals surface area contributed by atoms with Gasteiger partial charge in [-0.25, -0.2) is 9.97 Å². The molecule has 3 aromatic heterocycles. The lowest BCUT2D eigenvalue weighted by Gasteiger charge is -2.32. The number of rotatable bonds is 4. The second kappa shape index (κ2) is 6.90. The maximum Gasteiger partial charge on any atom is 0.253 e. The number of nitrogens with zero attached hydrogens (tertiary/aromatic N) is 3. The number of fused-ring (bicyclic) bond motifs is 1. The van der Waals surface area contributed by atoms with Gasteiger partial charge in [0, 0.05) is 37.5 Å². The smallest absolute Gasteiger partial charge is 0.253 e. The highest BCUT2D eigenvalue weighted by Crippen LogP contribution is 2.16. The third-order valence-corrected chi connectivity index (χ3v) is 4.18. The molecule has 3 aromatic rings. The van der Waals surface area contributed by atoms with Crippen molar-refractivity contribution in [2.24, 2.45) is 0 Å². The maximum absolute atomic E-state index is 12.6. The number of imidazole rings is 1. The molecule has 1 saturated heterocycles. The van der Waals surface area contributed by atoms with Crippen molar-refractivity contribution in [3.8, 4) is 5.88 Å². The van der Waals surface area contributed by atoms with Gasteiger partial charge in [0.05, 0.1) is 18.2 Å². The Morgan fingerprint density at radius 1 is 1.24 bits per heavy atom. The highest BCUT2D eigenvalue weighted by atomic mass is 16.5. The molecule has 25 heavy (non-hydrogen) atoms. The van der Waals surface area contributed by atoms with E-state index in [-0.39, 0.29) is 18.1 Å². The van der Waals surface area contributed by atoms with E-state index in [1.807, 2.05) is 28.8 Å². The largest absolute Gasteiger partial charge is 0.470 e. The molecule has 0 saturated carbocycles. The molecular weight excluding hydrogens is 320 g/mol. The van der Waals surface area contributed by atoms with Crippen LogP contribution in [-0.4, -0.2) is 45.6 Å². The third kappa shape index (κ3) is 3.46. The van der Waals surface area contributed by atoms with Gasteiger partial charge in [-0.15, -0.1) is 0 Å². The number of carbonyl (C=O) groups excluding carboxylic acids is 1. The van der Waals surface area contributed by atoms with Crippen LogP contribution < -0.4 is 10.1 Å². The fraction of sp³-hybridized carbons (Fsp3) is 0.278. The Balaban J connectivity index is 1.47. The van der Waals surface area contributed by atoms with Gasteiger partial charge in [0.15, 0.2) is 0 Å². The molecule has 4 rings (SSSR count). The molecule has 0 unspecified atom stereocenters. The molecule has 7 nitrogen and oxygen atoms in total. The standard InChI is InChI=1S/C18H18N4O3/c23-18(13-4-5-16-19-8-9-22(16)11-13)21-14-6-10-24-12-15(14)25-17-3-1-2-7-20-17/h1-5,7-9,11,14-15H,6,10,12H2,(H,21,23)/t14-,15-/m1/s1. The molecule has 0 aromatic carbocycles. The van der Waals surface area contributed by atoms with Crippen molar-refractivity contribution in [2.75, 3.05) is 13.2 Å². The highest BCUT2D eigenvalue weighted by Gasteiger charge is 2.29. The molecule has 1 amide bonds. The summed E-state index contributed by atoms with van der Waals surface area (Å²) in [6, 6.07) is 8.93. The van der Waals surface area contributed by atoms with Crippen molar-refractivity contribution in [1.82, 2.24) is 19.7 Å². The minimum atomic E-state index is -0.274. The Kier molecular flexibility index (Phi) is 4.30. The summed E-state index contributed by atoms with van der Waals surface area (Å²) in [6.07, 6.45) is 7.37. The molecule has 1 N–H and O–H groups in total. The van der Waals surface area contributed by atoms with Gasteiger partial charge in [0.1, 0.15) is 11.8 Å². The van der Waals surface area contributed by atoms with E-state index in [0.29, 0.717) is 31.1 Å². The van der Waals surface area contributed by atoms with Gasteiger partial charge >= 0.3 is 0 Å². The van der Waals surface area contributed by atoms with Gasteiger partial charge in [-0.1, -0.05) is 6.07 Å². The van der Waals surface area contributed by atoms with Crippen LogP contribution >= 0.6 is 0 Å². The van der Waals surface area contributed by atoms with Crippen LogP contribution in [0.5, 0.6) is 5.88 Å². The highest BCUT2D eigenvalue weighted by molar-refractivity contribution is 5.94. The third-order valence-electron chi connectivity index (χ3n) is 4.18. The first-order chi connectivity index (χ1) is 12.3. The Hall–Kier alpha value is -2.93. The number of ether oxygens (including phenoxy) is 2. The molecule has 0 spiro atoms. The first kappa shape index (κ1) is 15.6. The van der Waals surface area contributed by atoms with Gasteiger partial charge in [-0.05, 0) is 24.6 Å². The zero-order valence-corrected chi connectivity index (χ0v) is 13.5. The lowest BCUT2D eigenvalue weighted by molar-refractivity contribution is -0.0153. The molecule has 4 heterocycles. The van der Waals surface area contributed by atoms with Gasteiger partial charge in [0.2, 0.25) is 5.88 Å². The normalized spacial score (nSPS) is 20.3. The van der Waals surface area contributed by atoms with Gasteiger partial charge < -0.3 is 19.2 Å². The predicted molar refractivity (Wildman–Crippen MR) is 90.5 cm³/mol. The molecule has 0 radical (unpaired) electrons. The fourth-order valence-corrected chi connectivity index (χ4v) is 2.87. The Morgan fingerprint density at radius 3 is 3.08 bits per heavy atom. The van der Waals surface area contributed by atoms with E-state index in [2.05, 4.69) is 15.3 Å². The van der Waals surface area contributed by atoms with Crippen LogP contribution in [0.3, 0.4) is 0 Å². The second-order valence-corrected chi connectivity index (χ2v) is 5.88. The Bertz CT molecular complexity index is 865. The van der Waals surface area contributed by atoms with Crippen LogP contribution in [0.15, 0.2) is 55.1 Å². The van der Waals surface area contributed by atoms with Crippen molar-refractivity contribution in [2.45, 2.75) is 18.6 Å². The first-order valence-corrected chi connectivity index (χ1v) is 8.18. The SMILES string of the molecule is O=C(N[C@@H]1CCOC[C@H]1Oc1ccccn1)c1ccc2nccn2c1. The van der Waals surface area contributed by atoms with Crippen LogP contribution in [0.25, 0.3) is 5.65 Å². The summed E-state index contributed by atoms with van der Waals surface area (Å²) >= 11 is 0. The van der Waals surface area contributed by atoms with Crippen molar-refractivity contribution in [1.29, 1.82) is 0 Å². The van der Waals surface area contributed by atoms with Crippen LogP contribution in [0.1, 0.15) is 16.8 Å². The number of aromatic nitrogens is 3. The van der Waals surface area contributed by atoms with E-state index in [9.17, 15) is 4.79 Å². The lowest BCUT2D eigenvalue weighted by Crippen LogP contribution is -2.51. The molecule has 7 heteroatoms. The van der Waals surface area contributed by atoms with Crippen LogP contribution in [0, 0.1) is 0 Å². The van der Waals surface area contributed by atoms with Crippen molar-refractivity contribution in [3.63, 3.8) is 0 Å². The van der Waals surface area contributed by atoms with E-state index in [1.165, 1.54) is 0 Å². The number of carbonyl (C=O) groups is 1. The number of pyridine rings is 2. The number of hydrogen-bond acceptors (Lipinski definition) is 5. The number of hydrogen-bond donors (Lipinski definition) is 1. The molecule has 2 atom stereocenters. The number of nitrogens with one attached hydrogen (secondary N) is 1. The summed E-state index contributed by atoms with van der Waals surface area (Å²) in [5, 5.41) is 3.06. The zero-order chi connectivity index (χ0) is 17.1. The van der Waals surface area contributed by atoms with E-state index in [1.54, 1.807) is 30.7 Å². The summed E-state index contributed by atoms with van der Waals surface area (Å²) < 4.78 is 13.2. The Morgan fingerprint density at radius 2 is 2.20 bits per heavy atom. The summed E-state index contributed by atoms with van der Waals surface area (Å²) in [7, 11) is 0. The molecule has 128 valence electrons. The van der Waals surface area contributed by atoms with Crippen LogP contribution in [0.2, 0.25) is 0 Å². The molecule has 0 bridgehead atoms. The van der Waals surface area contributed by atoms with Gasteiger partial charge in [-0.3, -0.25) is 4.79 Å². The second-order valence-electron chi connectivity index (χ2n) is 5.88. The fourth-order valence-electron chi connectivity index (χ4n) is 2.87. The van der Waals surface area contributed by atoms with Gasteiger partial charge in [-0.2, -0.15) is 0 Å². The van der Waals surface area contributed by atoms with Crippen LogP contribution in [-0.2, 0) is 4.74 Å². The topological polar surface area (TPSA) is 77.8 Å². The average molecular weight is 338 g/mol. The van der Waals surface area contributed by atoms with E-state index in [4.69, 9.17) is 9.47 Å². The van der Waals surface area contributed by atoms with E-state index in [0.717, 1.165) is 5.65 Å². The van der Waals surface area contributed by atoms with Gasteiger partial charge in [0.25, 0.3) is 5.91 Å². The minimum Gasteiger partial charge on any atom is -0.470 e. The quantitative estimate of drug-likeness (QED) is 0.783. The van der Waals surface area contributed by atoms with E-state index >= 15 is 0 Å². The summed E-state index contributed by atoms with van der Waals surface area (Å²) in [5.74, 6) is 0.384. The summed E-state index contributed by atoms with van der Waals surface area (Å²) in [4.78, 5) is 21.0. The molecular formula is C18H18N4O3. The predicted octanol–water partition coefficient (Wildman–Crippen LogP) is 1.70. The van der Waals surface area contributed by atoms with Crippen molar-refractivity contribution in [3.05, 3.63) is 60.7 Å². The van der Waals surface area contributed by atoms with Crippen LogP contribution in [0.4, 0.5) is 0 Å². The number of amides is 1. The minimum absolute atomic E-state index is 0.137. The summed E-state index contributed by atoms with van der Waals surface area (Å²) in [5.41, 5.74) is 1.38. The summed E-state index contributed by atoms with van der Waals surface area (Å²) in [6.45, 7) is 1.01. The maximum atomic E-state index is 12.6. The molecule has 1 fully saturated rings. The lowest BCUT2D eigenvalue weighted by atomic mass is 10.1. The molecule has 1 aliphatic rings. The Labute approximate surface area is 144 Å².